The molecule has 5 rings (SSSR count). The van der Waals surface area contributed by atoms with Crippen LogP contribution in [0.25, 0.3) is 11.3 Å². The number of para-hydroxylation sites is 1. The van der Waals surface area contributed by atoms with Gasteiger partial charge in [0.1, 0.15) is 11.3 Å². The molecule has 3 nitrogen and oxygen atoms in total. The maximum Gasteiger partial charge on any atom is 0.125 e. The number of aromatic nitrogens is 2. The maximum atomic E-state index is 10.4. The van der Waals surface area contributed by atoms with Crippen LogP contribution in [0, 0.1) is 0 Å². The van der Waals surface area contributed by atoms with Crippen LogP contribution in [0.15, 0.2) is 128 Å². The summed E-state index contributed by atoms with van der Waals surface area (Å²) in [5.74, 6) is 0.220. The zero-order chi connectivity index (χ0) is 21.1. The number of phenolic OH excluding ortho intramolecular Hbond substituents is 1. The number of aromatic hydroxyl groups is 1. The van der Waals surface area contributed by atoms with E-state index in [1.54, 1.807) is 6.07 Å². The first-order chi connectivity index (χ1) is 15.3. The standard InChI is InChI=1S/C28H22N2O/c31-27-19-11-10-18-25(27)26-20-30(21-29-26)28(22-12-4-1-5-13-22,23-14-6-2-7-15-23)24-16-8-3-9-17-24/h1-21,31H. The second-order valence-corrected chi connectivity index (χ2v) is 7.49. The van der Waals surface area contributed by atoms with Crippen LogP contribution in [0.2, 0.25) is 0 Å². The molecule has 0 amide bonds. The highest BCUT2D eigenvalue weighted by molar-refractivity contribution is 5.66. The predicted molar refractivity (Wildman–Crippen MR) is 124 cm³/mol. The van der Waals surface area contributed by atoms with Gasteiger partial charge in [-0.25, -0.2) is 4.98 Å². The van der Waals surface area contributed by atoms with Crippen LogP contribution in [-0.2, 0) is 5.54 Å². The summed E-state index contributed by atoms with van der Waals surface area (Å²) in [5.41, 5.74) is 4.23. The van der Waals surface area contributed by atoms with Gasteiger partial charge in [-0.2, -0.15) is 0 Å². The molecule has 1 aromatic heterocycles. The van der Waals surface area contributed by atoms with E-state index in [-0.39, 0.29) is 5.75 Å². The van der Waals surface area contributed by atoms with Crippen molar-refractivity contribution in [2.75, 3.05) is 0 Å². The van der Waals surface area contributed by atoms with Gasteiger partial charge in [-0.15, -0.1) is 0 Å². The molecule has 0 radical (unpaired) electrons. The van der Waals surface area contributed by atoms with Gasteiger partial charge in [0.25, 0.3) is 0 Å². The fourth-order valence-corrected chi connectivity index (χ4v) is 4.32. The number of imidazole rings is 1. The van der Waals surface area contributed by atoms with Crippen molar-refractivity contribution in [3.63, 3.8) is 0 Å². The first kappa shape index (κ1) is 18.9. The molecule has 0 spiro atoms. The number of hydrogen-bond donors (Lipinski definition) is 1. The summed E-state index contributed by atoms with van der Waals surface area (Å²) in [7, 11) is 0. The van der Waals surface area contributed by atoms with E-state index in [1.165, 1.54) is 0 Å². The highest BCUT2D eigenvalue weighted by Crippen LogP contribution is 2.41. The Balaban J connectivity index is 1.83. The lowest BCUT2D eigenvalue weighted by atomic mass is 9.77. The maximum absolute atomic E-state index is 10.4. The van der Waals surface area contributed by atoms with Gasteiger partial charge < -0.3 is 9.67 Å². The molecule has 0 unspecified atom stereocenters. The summed E-state index contributed by atoms with van der Waals surface area (Å²) in [6, 6.07) is 38.7. The molecule has 4 aromatic carbocycles. The van der Waals surface area contributed by atoms with Crippen LogP contribution in [0.1, 0.15) is 16.7 Å². The minimum atomic E-state index is -0.612. The van der Waals surface area contributed by atoms with Crippen molar-refractivity contribution in [2.45, 2.75) is 5.54 Å². The van der Waals surface area contributed by atoms with E-state index in [2.05, 4.69) is 77.4 Å². The lowest BCUT2D eigenvalue weighted by Crippen LogP contribution is -2.36. The van der Waals surface area contributed by atoms with Gasteiger partial charge >= 0.3 is 0 Å². The molecule has 0 fully saturated rings. The summed E-state index contributed by atoms with van der Waals surface area (Å²) >= 11 is 0. The van der Waals surface area contributed by atoms with Gasteiger partial charge in [0, 0.05) is 11.8 Å². The Kier molecular flexibility index (Phi) is 4.85. The number of benzene rings is 4. The monoisotopic (exact) mass is 402 g/mol. The third kappa shape index (κ3) is 3.21. The molecular formula is C28H22N2O. The Bertz CT molecular complexity index is 1180. The highest BCUT2D eigenvalue weighted by Gasteiger charge is 2.38. The van der Waals surface area contributed by atoms with Crippen LogP contribution in [-0.4, -0.2) is 14.7 Å². The number of hydrogen-bond acceptors (Lipinski definition) is 2. The second kappa shape index (κ2) is 7.96. The zero-order valence-electron chi connectivity index (χ0n) is 17.0. The van der Waals surface area contributed by atoms with E-state index < -0.39 is 5.54 Å². The first-order valence-electron chi connectivity index (χ1n) is 10.3. The van der Waals surface area contributed by atoms with Crippen molar-refractivity contribution in [1.29, 1.82) is 0 Å². The van der Waals surface area contributed by atoms with E-state index in [4.69, 9.17) is 4.98 Å². The Labute approximate surface area is 181 Å². The van der Waals surface area contributed by atoms with E-state index in [0.29, 0.717) is 5.56 Å². The van der Waals surface area contributed by atoms with Gasteiger partial charge in [0.2, 0.25) is 0 Å². The van der Waals surface area contributed by atoms with Gasteiger partial charge in [-0.1, -0.05) is 103 Å². The fourth-order valence-electron chi connectivity index (χ4n) is 4.32. The van der Waals surface area contributed by atoms with E-state index in [9.17, 15) is 5.11 Å². The quantitative estimate of drug-likeness (QED) is 0.361. The molecule has 5 aromatic rings. The van der Waals surface area contributed by atoms with Crippen molar-refractivity contribution in [3.05, 3.63) is 144 Å². The lowest BCUT2D eigenvalue weighted by molar-refractivity contribution is 0.477. The number of phenols is 1. The van der Waals surface area contributed by atoms with Crippen LogP contribution >= 0.6 is 0 Å². The molecular weight excluding hydrogens is 380 g/mol. The molecule has 0 bridgehead atoms. The minimum absolute atomic E-state index is 0.220. The molecule has 150 valence electrons. The third-order valence-corrected chi connectivity index (χ3v) is 5.72. The summed E-state index contributed by atoms with van der Waals surface area (Å²) < 4.78 is 2.15. The average Bonchev–Trinajstić information content (AvgIpc) is 3.32. The Hall–Kier alpha value is -4.11. The Morgan fingerprint density at radius 1 is 0.581 bits per heavy atom. The van der Waals surface area contributed by atoms with Crippen molar-refractivity contribution in [2.24, 2.45) is 0 Å². The van der Waals surface area contributed by atoms with E-state index in [0.717, 1.165) is 22.4 Å². The van der Waals surface area contributed by atoms with Gasteiger partial charge in [0.05, 0.1) is 12.0 Å². The third-order valence-electron chi connectivity index (χ3n) is 5.72. The van der Waals surface area contributed by atoms with Crippen molar-refractivity contribution >= 4 is 0 Å². The Morgan fingerprint density at radius 2 is 1.03 bits per heavy atom. The van der Waals surface area contributed by atoms with E-state index >= 15 is 0 Å². The predicted octanol–water partition coefficient (Wildman–Crippen LogP) is 6.10. The fraction of sp³-hybridized carbons (Fsp3) is 0.0357. The first-order valence-corrected chi connectivity index (χ1v) is 10.3. The highest BCUT2D eigenvalue weighted by atomic mass is 16.3. The summed E-state index contributed by atoms with van der Waals surface area (Å²) in [6.07, 6.45) is 3.87. The molecule has 1 heterocycles. The molecule has 0 aliphatic rings. The zero-order valence-corrected chi connectivity index (χ0v) is 17.0. The smallest absolute Gasteiger partial charge is 0.125 e. The molecule has 1 N–H and O–H groups in total. The number of rotatable bonds is 5. The molecule has 31 heavy (non-hydrogen) atoms. The SMILES string of the molecule is Oc1ccccc1-c1cn(C(c2ccccc2)(c2ccccc2)c2ccccc2)cn1. The molecule has 0 aliphatic heterocycles. The van der Waals surface area contributed by atoms with Crippen LogP contribution in [0.4, 0.5) is 0 Å². The summed E-state index contributed by atoms with van der Waals surface area (Å²) in [5, 5.41) is 10.4. The van der Waals surface area contributed by atoms with Crippen LogP contribution < -0.4 is 0 Å². The van der Waals surface area contributed by atoms with Gasteiger partial charge in [-0.3, -0.25) is 0 Å². The molecule has 3 heteroatoms. The largest absolute Gasteiger partial charge is 0.507 e. The lowest BCUT2D eigenvalue weighted by Gasteiger charge is -2.37. The van der Waals surface area contributed by atoms with Crippen molar-refractivity contribution in [3.8, 4) is 17.0 Å². The normalized spacial score (nSPS) is 11.4. The van der Waals surface area contributed by atoms with Gasteiger partial charge in [0.15, 0.2) is 0 Å². The second-order valence-electron chi connectivity index (χ2n) is 7.49. The molecule has 0 saturated carbocycles. The van der Waals surface area contributed by atoms with Crippen LogP contribution in [0.5, 0.6) is 5.75 Å². The summed E-state index contributed by atoms with van der Waals surface area (Å²) in [4.78, 5) is 4.69. The minimum Gasteiger partial charge on any atom is -0.507 e. The molecule has 0 saturated heterocycles. The van der Waals surface area contributed by atoms with E-state index in [1.807, 2.05) is 48.9 Å². The van der Waals surface area contributed by atoms with Crippen LogP contribution in [0.3, 0.4) is 0 Å². The Morgan fingerprint density at radius 3 is 1.52 bits per heavy atom. The molecule has 0 aliphatic carbocycles. The summed E-state index contributed by atoms with van der Waals surface area (Å²) in [6.45, 7) is 0. The topological polar surface area (TPSA) is 38.0 Å². The average molecular weight is 402 g/mol. The van der Waals surface area contributed by atoms with Gasteiger partial charge in [-0.05, 0) is 28.8 Å². The van der Waals surface area contributed by atoms with Crippen molar-refractivity contribution < 1.29 is 5.11 Å². The van der Waals surface area contributed by atoms with Crippen molar-refractivity contribution in [1.82, 2.24) is 9.55 Å². The number of nitrogens with zero attached hydrogens (tertiary/aromatic N) is 2. The molecule has 0 atom stereocenters.